The van der Waals surface area contributed by atoms with E-state index < -0.39 is 12.0 Å². The molecule has 0 amide bonds. The number of rotatable bonds is 4. The third kappa shape index (κ3) is 3.95. The zero-order valence-corrected chi connectivity index (χ0v) is 11.0. The number of carboxylic acid groups (broad SMARTS) is 1. The van der Waals surface area contributed by atoms with E-state index in [4.69, 9.17) is 5.11 Å². The van der Waals surface area contributed by atoms with Crippen LogP contribution in [-0.2, 0) is 4.79 Å². The molecule has 19 heavy (non-hydrogen) atoms. The number of ketones is 1. The smallest absolute Gasteiger partial charge is 0.322 e. The highest BCUT2D eigenvalue weighted by molar-refractivity contribution is 5.95. The van der Waals surface area contributed by atoms with Gasteiger partial charge in [0.2, 0.25) is 0 Å². The second kappa shape index (κ2) is 7.13. The maximum atomic E-state index is 11.9. The fraction of sp³-hybridized carbons (Fsp3) is 0.455. The number of Topliss-reactive ketones (excluding diaryl/α,β-unsaturated/α-hetero) is 1. The van der Waals surface area contributed by atoms with Crippen LogP contribution in [0.25, 0.3) is 0 Å². The number of carbonyl (C=O) groups is 2. The first-order valence-corrected chi connectivity index (χ1v) is 5.65. The van der Waals surface area contributed by atoms with Gasteiger partial charge in [0.15, 0.2) is 5.78 Å². The fourth-order valence-electron chi connectivity index (χ4n) is 1.89. The third-order valence-corrected chi connectivity index (χ3v) is 2.83. The van der Waals surface area contributed by atoms with Gasteiger partial charge in [-0.05, 0) is 0 Å². The van der Waals surface area contributed by atoms with Crippen LogP contribution in [0.5, 0.6) is 0 Å². The lowest BCUT2D eigenvalue weighted by atomic mass is 10.1. The molecule has 0 radical (unpaired) electrons. The molecule has 1 unspecified atom stereocenters. The Kier molecular flexibility index (Phi) is 5.81. The Hall–Kier alpha value is -1.57. The Labute approximate surface area is 116 Å². The molecule has 1 aromatic rings. The summed E-state index contributed by atoms with van der Waals surface area (Å²) in [6.07, 6.45) is 4.32. The summed E-state index contributed by atoms with van der Waals surface area (Å²) in [6, 6.07) is -0.667. The van der Waals surface area contributed by atoms with E-state index >= 15 is 0 Å². The molecule has 1 aromatic heterocycles. The lowest BCUT2D eigenvalue weighted by Crippen LogP contribution is -2.56. The van der Waals surface area contributed by atoms with E-state index in [0.717, 1.165) is 0 Å². The van der Waals surface area contributed by atoms with Crippen molar-refractivity contribution in [1.29, 1.82) is 0 Å². The van der Waals surface area contributed by atoms with Crippen LogP contribution in [0.1, 0.15) is 10.5 Å². The van der Waals surface area contributed by atoms with Crippen molar-refractivity contribution in [2.45, 2.75) is 6.04 Å². The largest absolute Gasteiger partial charge is 0.480 e. The predicted molar refractivity (Wildman–Crippen MR) is 69.5 cm³/mol. The minimum Gasteiger partial charge on any atom is -0.480 e. The maximum Gasteiger partial charge on any atom is 0.322 e. The number of halogens is 1. The van der Waals surface area contributed by atoms with Crippen molar-refractivity contribution in [2.24, 2.45) is 0 Å². The molecule has 0 spiro atoms. The standard InChI is InChI=1S/C11H14N4O3.ClH/c16-10(8-5-12-1-2-14-8)7-15-4-3-13-6-9(15)11(17)18;/h1-2,5,9,13H,3-4,6-7H2,(H,17,18);1H. The molecular formula is C11H15ClN4O3. The maximum absolute atomic E-state index is 11.9. The molecule has 2 N–H and O–H groups in total. The molecule has 8 heteroatoms. The summed E-state index contributed by atoms with van der Waals surface area (Å²) in [7, 11) is 0. The molecule has 1 fully saturated rings. The van der Waals surface area contributed by atoms with Gasteiger partial charge in [-0.1, -0.05) is 0 Å². The summed E-state index contributed by atoms with van der Waals surface area (Å²) in [5.74, 6) is -1.13. The Bertz CT molecular complexity index is 443. The molecule has 1 aliphatic rings. The van der Waals surface area contributed by atoms with Crippen molar-refractivity contribution in [3.8, 4) is 0 Å². The van der Waals surface area contributed by atoms with Crippen molar-refractivity contribution in [3.05, 3.63) is 24.3 Å². The number of hydrogen-bond donors (Lipinski definition) is 2. The molecule has 104 valence electrons. The quantitative estimate of drug-likeness (QED) is 0.716. The summed E-state index contributed by atoms with van der Waals surface area (Å²) < 4.78 is 0. The average molecular weight is 287 g/mol. The highest BCUT2D eigenvalue weighted by Crippen LogP contribution is 2.05. The lowest BCUT2D eigenvalue weighted by molar-refractivity contribution is -0.143. The minimum atomic E-state index is -0.922. The Morgan fingerprint density at radius 1 is 1.47 bits per heavy atom. The van der Waals surface area contributed by atoms with Crippen LogP contribution in [0.15, 0.2) is 18.6 Å². The summed E-state index contributed by atoms with van der Waals surface area (Å²) >= 11 is 0. The molecule has 0 aromatic carbocycles. The monoisotopic (exact) mass is 286 g/mol. The molecule has 0 saturated carbocycles. The van der Waals surface area contributed by atoms with Crippen LogP contribution in [0.2, 0.25) is 0 Å². The van der Waals surface area contributed by atoms with Gasteiger partial charge in [-0.15, -0.1) is 12.4 Å². The second-order valence-corrected chi connectivity index (χ2v) is 4.04. The number of aliphatic carboxylic acids is 1. The summed E-state index contributed by atoms with van der Waals surface area (Å²) in [5, 5.41) is 12.1. The molecule has 1 atom stereocenters. The van der Waals surface area contributed by atoms with Crippen molar-refractivity contribution >= 4 is 24.2 Å². The van der Waals surface area contributed by atoms with Gasteiger partial charge in [0, 0.05) is 32.0 Å². The average Bonchev–Trinajstić information content (AvgIpc) is 2.40. The first-order valence-electron chi connectivity index (χ1n) is 5.65. The van der Waals surface area contributed by atoms with E-state index in [0.29, 0.717) is 19.6 Å². The molecule has 7 nitrogen and oxygen atoms in total. The van der Waals surface area contributed by atoms with Crippen LogP contribution in [0.4, 0.5) is 0 Å². The normalized spacial score (nSPS) is 19.5. The summed E-state index contributed by atoms with van der Waals surface area (Å²) in [4.78, 5) is 32.4. The Balaban J connectivity index is 0.00000180. The van der Waals surface area contributed by atoms with Crippen molar-refractivity contribution < 1.29 is 14.7 Å². The van der Waals surface area contributed by atoms with E-state index in [1.54, 1.807) is 4.90 Å². The first-order chi connectivity index (χ1) is 8.68. The number of nitrogens with one attached hydrogen (secondary N) is 1. The van der Waals surface area contributed by atoms with Crippen molar-refractivity contribution in [3.63, 3.8) is 0 Å². The number of piperazine rings is 1. The van der Waals surface area contributed by atoms with Gasteiger partial charge in [0.25, 0.3) is 0 Å². The van der Waals surface area contributed by atoms with Crippen LogP contribution in [0, 0.1) is 0 Å². The van der Waals surface area contributed by atoms with Crippen LogP contribution in [-0.4, -0.2) is 63.9 Å². The molecule has 2 rings (SSSR count). The number of hydrogen-bond acceptors (Lipinski definition) is 6. The SMILES string of the molecule is Cl.O=C(CN1CCNCC1C(=O)O)c1cnccn1. The third-order valence-electron chi connectivity index (χ3n) is 2.83. The van der Waals surface area contributed by atoms with Crippen LogP contribution >= 0.6 is 12.4 Å². The van der Waals surface area contributed by atoms with Gasteiger partial charge in [-0.25, -0.2) is 4.98 Å². The first kappa shape index (κ1) is 15.5. The minimum absolute atomic E-state index is 0. The fourth-order valence-corrected chi connectivity index (χ4v) is 1.89. The van der Waals surface area contributed by atoms with Gasteiger partial charge in [0.05, 0.1) is 12.7 Å². The molecular weight excluding hydrogens is 272 g/mol. The number of carboxylic acids is 1. The number of nitrogens with zero attached hydrogens (tertiary/aromatic N) is 3. The summed E-state index contributed by atoms with van der Waals surface area (Å²) in [6.45, 7) is 1.61. The Morgan fingerprint density at radius 3 is 2.89 bits per heavy atom. The van der Waals surface area contributed by atoms with Gasteiger partial charge in [-0.2, -0.15) is 0 Å². The number of carbonyl (C=O) groups excluding carboxylic acids is 1. The molecule has 0 aliphatic carbocycles. The lowest BCUT2D eigenvalue weighted by Gasteiger charge is -2.32. The second-order valence-electron chi connectivity index (χ2n) is 4.04. The molecule has 1 saturated heterocycles. The zero-order chi connectivity index (χ0) is 13.0. The van der Waals surface area contributed by atoms with Crippen LogP contribution < -0.4 is 5.32 Å². The highest BCUT2D eigenvalue weighted by atomic mass is 35.5. The van der Waals surface area contributed by atoms with Gasteiger partial charge in [-0.3, -0.25) is 19.5 Å². The Morgan fingerprint density at radius 2 is 2.26 bits per heavy atom. The van der Waals surface area contributed by atoms with Crippen molar-refractivity contribution in [2.75, 3.05) is 26.2 Å². The van der Waals surface area contributed by atoms with Gasteiger partial charge < -0.3 is 10.4 Å². The van der Waals surface area contributed by atoms with E-state index in [2.05, 4.69) is 15.3 Å². The van der Waals surface area contributed by atoms with E-state index in [1.807, 2.05) is 0 Å². The topological polar surface area (TPSA) is 95.4 Å². The number of aromatic nitrogens is 2. The molecule has 1 aliphatic heterocycles. The molecule has 2 heterocycles. The van der Waals surface area contributed by atoms with Crippen LogP contribution in [0.3, 0.4) is 0 Å². The van der Waals surface area contributed by atoms with Gasteiger partial charge in [0.1, 0.15) is 11.7 Å². The highest BCUT2D eigenvalue weighted by Gasteiger charge is 2.29. The van der Waals surface area contributed by atoms with E-state index in [9.17, 15) is 9.59 Å². The molecule has 0 bridgehead atoms. The summed E-state index contributed by atoms with van der Waals surface area (Å²) in [5.41, 5.74) is 0.264. The zero-order valence-electron chi connectivity index (χ0n) is 10.2. The predicted octanol–water partition coefficient (Wildman–Crippen LogP) is -0.560. The van der Waals surface area contributed by atoms with E-state index in [-0.39, 0.29) is 30.4 Å². The van der Waals surface area contributed by atoms with Crippen molar-refractivity contribution in [1.82, 2.24) is 20.2 Å². The van der Waals surface area contributed by atoms with Gasteiger partial charge >= 0.3 is 5.97 Å². The van der Waals surface area contributed by atoms with E-state index in [1.165, 1.54) is 18.6 Å².